The van der Waals surface area contributed by atoms with E-state index in [1.54, 1.807) is 12.1 Å². The first-order valence-electron chi connectivity index (χ1n) is 7.11. The lowest BCUT2D eigenvalue weighted by Crippen LogP contribution is -2.35. The van der Waals surface area contributed by atoms with Gasteiger partial charge in [0.05, 0.1) is 0 Å². The lowest BCUT2D eigenvalue weighted by molar-refractivity contribution is -0.179. The zero-order valence-electron chi connectivity index (χ0n) is 13.2. The van der Waals surface area contributed by atoms with Crippen molar-refractivity contribution >= 4 is 17.9 Å². The smallest absolute Gasteiger partial charge is 0.347 e. The minimum atomic E-state index is -1.35. The van der Waals surface area contributed by atoms with E-state index in [9.17, 15) is 14.4 Å². The fourth-order valence-electron chi connectivity index (χ4n) is 1.49. The molecule has 7 heteroatoms. The topological polar surface area (TPSA) is 99.1 Å². The largest absolute Gasteiger partial charge is 0.458 e. The molecule has 0 saturated carbocycles. The molecule has 0 aliphatic rings. The molecule has 0 heterocycles. The van der Waals surface area contributed by atoms with E-state index in [-0.39, 0.29) is 6.61 Å². The number of carbonyl (C=O) groups excluding carboxylic acids is 3. The van der Waals surface area contributed by atoms with E-state index in [1.807, 2.05) is 18.2 Å². The van der Waals surface area contributed by atoms with Crippen LogP contribution in [0.4, 0.5) is 0 Å². The van der Waals surface area contributed by atoms with Gasteiger partial charge in [0.2, 0.25) is 0 Å². The molecule has 1 aromatic carbocycles. The fraction of sp³-hybridized carbons (Fsp3) is 0.438. The van der Waals surface area contributed by atoms with E-state index in [0.29, 0.717) is 0 Å². The molecular weight excluding hydrogens is 304 g/mol. The summed E-state index contributed by atoms with van der Waals surface area (Å²) in [6.45, 7) is 3.91. The first-order valence-corrected chi connectivity index (χ1v) is 7.11. The Hall–Kier alpha value is -2.41. The van der Waals surface area contributed by atoms with Crippen molar-refractivity contribution in [1.29, 1.82) is 0 Å². The molecule has 3 atom stereocenters. The van der Waals surface area contributed by atoms with Gasteiger partial charge in [-0.3, -0.25) is 0 Å². The summed E-state index contributed by atoms with van der Waals surface area (Å²) in [4.78, 5) is 34.6. The molecule has 1 rings (SSSR count). The third-order valence-corrected chi connectivity index (χ3v) is 2.81. The maximum Gasteiger partial charge on any atom is 0.347 e. The van der Waals surface area contributed by atoms with Gasteiger partial charge >= 0.3 is 17.9 Å². The number of hydrogen-bond donors (Lipinski definition) is 1. The molecule has 1 aromatic rings. The molecule has 0 aliphatic heterocycles. The van der Waals surface area contributed by atoms with E-state index >= 15 is 0 Å². The van der Waals surface area contributed by atoms with Crippen LogP contribution in [0.25, 0.3) is 0 Å². The van der Waals surface area contributed by atoms with Crippen LogP contribution < -0.4 is 0 Å². The Morgan fingerprint density at radius 1 is 0.913 bits per heavy atom. The zero-order valence-corrected chi connectivity index (χ0v) is 13.2. The van der Waals surface area contributed by atoms with E-state index in [2.05, 4.69) is 4.74 Å². The van der Waals surface area contributed by atoms with Gasteiger partial charge in [-0.15, -0.1) is 0 Å². The van der Waals surface area contributed by atoms with Crippen molar-refractivity contribution in [1.82, 2.24) is 0 Å². The average Bonchev–Trinajstić information content (AvgIpc) is 2.53. The number of aliphatic hydroxyl groups is 1. The summed E-state index contributed by atoms with van der Waals surface area (Å²) in [6.07, 6.45) is -3.72. The van der Waals surface area contributed by atoms with Crippen LogP contribution in [0.1, 0.15) is 26.3 Å². The van der Waals surface area contributed by atoms with Crippen molar-refractivity contribution < 1.29 is 33.7 Å². The molecule has 23 heavy (non-hydrogen) atoms. The molecule has 0 unspecified atom stereocenters. The van der Waals surface area contributed by atoms with Gasteiger partial charge in [0.1, 0.15) is 12.7 Å². The van der Waals surface area contributed by atoms with E-state index in [0.717, 1.165) is 5.56 Å². The molecule has 126 valence electrons. The van der Waals surface area contributed by atoms with E-state index < -0.39 is 36.2 Å². The molecule has 7 nitrogen and oxygen atoms in total. The number of ether oxygens (including phenoxy) is 3. The third kappa shape index (κ3) is 6.48. The van der Waals surface area contributed by atoms with Crippen LogP contribution in [0.15, 0.2) is 30.3 Å². The van der Waals surface area contributed by atoms with Crippen LogP contribution in [-0.4, -0.2) is 41.3 Å². The minimum absolute atomic E-state index is 0.0636. The molecule has 0 amide bonds. The van der Waals surface area contributed by atoms with Crippen LogP contribution in [0.5, 0.6) is 0 Å². The summed E-state index contributed by atoms with van der Waals surface area (Å²) < 4.78 is 14.6. The molecule has 0 spiro atoms. The monoisotopic (exact) mass is 324 g/mol. The lowest BCUT2D eigenvalue weighted by Gasteiger charge is -2.17. The predicted octanol–water partition coefficient (Wildman–Crippen LogP) is 0.974. The second-order valence-electron chi connectivity index (χ2n) is 4.93. The Morgan fingerprint density at radius 3 is 2.00 bits per heavy atom. The summed E-state index contributed by atoms with van der Waals surface area (Å²) in [5.74, 6) is -2.56. The summed E-state index contributed by atoms with van der Waals surface area (Å²) in [5.41, 5.74) is 0.804. The van der Waals surface area contributed by atoms with Gasteiger partial charge in [0.15, 0.2) is 12.2 Å². The van der Waals surface area contributed by atoms with Gasteiger partial charge in [-0.1, -0.05) is 30.3 Å². The Bertz CT molecular complexity index is 539. The van der Waals surface area contributed by atoms with Gasteiger partial charge < -0.3 is 19.3 Å². The quantitative estimate of drug-likeness (QED) is 0.589. The van der Waals surface area contributed by atoms with Crippen molar-refractivity contribution in [3.63, 3.8) is 0 Å². The summed E-state index contributed by atoms with van der Waals surface area (Å²) in [6, 6.07) is 9.05. The van der Waals surface area contributed by atoms with Gasteiger partial charge in [0.25, 0.3) is 0 Å². The second kappa shape index (κ2) is 8.89. The second-order valence-corrected chi connectivity index (χ2v) is 4.93. The predicted molar refractivity (Wildman–Crippen MR) is 79.0 cm³/mol. The van der Waals surface area contributed by atoms with Crippen LogP contribution in [0, 0.1) is 0 Å². The summed E-state index contributed by atoms with van der Waals surface area (Å²) in [5, 5.41) is 9.00. The highest BCUT2D eigenvalue weighted by atomic mass is 16.6. The first-order chi connectivity index (χ1) is 10.8. The summed E-state index contributed by atoms with van der Waals surface area (Å²) in [7, 11) is 0. The van der Waals surface area contributed by atoms with E-state index in [4.69, 9.17) is 14.6 Å². The van der Waals surface area contributed by atoms with Gasteiger partial charge in [-0.2, -0.15) is 0 Å². The number of benzene rings is 1. The molecule has 0 saturated heterocycles. The van der Waals surface area contributed by atoms with Gasteiger partial charge in [-0.25, -0.2) is 14.4 Å². The normalized spacial score (nSPS) is 14.3. The minimum Gasteiger partial charge on any atom is -0.458 e. The average molecular weight is 324 g/mol. The Morgan fingerprint density at radius 2 is 1.43 bits per heavy atom. The Kier molecular flexibility index (Phi) is 7.21. The van der Waals surface area contributed by atoms with Gasteiger partial charge in [0, 0.05) is 0 Å². The number of esters is 3. The van der Waals surface area contributed by atoms with Crippen LogP contribution >= 0.6 is 0 Å². The highest BCUT2D eigenvalue weighted by Gasteiger charge is 2.26. The molecule has 0 fully saturated rings. The SMILES string of the molecule is C[C@H](O)C(=O)O[C@@H](C)C(=O)O[C@@H](C)C(=O)OCc1ccccc1. The van der Waals surface area contributed by atoms with E-state index in [1.165, 1.54) is 20.8 Å². The fourth-order valence-corrected chi connectivity index (χ4v) is 1.49. The highest BCUT2D eigenvalue weighted by molar-refractivity contribution is 5.83. The Labute approximate surface area is 134 Å². The molecule has 0 bridgehead atoms. The van der Waals surface area contributed by atoms with Crippen LogP contribution in [-0.2, 0) is 35.2 Å². The zero-order chi connectivity index (χ0) is 17.4. The molecule has 0 radical (unpaired) electrons. The first kappa shape index (κ1) is 18.6. The van der Waals surface area contributed by atoms with Gasteiger partial charge in [-0.05, 0) is 26.3 Å². The standard InChI is InChI=1S/C16H20O7/c1-10(17)14(18)22-12(3)16(20)23-11(2)15(19)21-9-13-7-5-4-6-8-13/h4-8,10-12,17H,9H2,1-3H3/t10-,11-,12-/m0/s1. The lowest BCUT2D eigenvalue weighted by atomic mass is 10.2. The van der Waals surface area contributed by atoms with Crippen molar-refractivity contribution in [3.05, 3.63) is 35.9 Å². The summed E-state index contributed by atoms with van der Waals surface area (Å²) >= 11 is 0. The maximum atomic E-state index is 11.8. The van der Waals surface area contributed by atoms with Crippen molar-refractivity contribution in [2.75, 3.05) is 0 Å². The maximum absolute atomic E-state index is 11.8. The highest BCUT2D eigenvalue weighted by Crippen LogP contribution is 2.06. The molecule has 0 aromatic heterocycles. The van der Waals surface area contributed by atoms with Crippen molar-refractivity contribution in [3.8, 4) is 0 Å². The third-order valence-electron chi connectivity index (χ3n) is 2.81. The number of hydrogen-bond acceptors (Lipinski definition) is 7. The van der Waals surface area contributed by atoms with Crippen LogP contribution in [0.2, 0.25) is 0 Å². The van der Waals surface area contributed by atoms with Crippen molar-refractivity contribution in [2.24, 2.45) is 0 Å². The molecule has 1 N–H and O–H groups in total. The molecule has 0 aliphatic carbocycles. The number of aliphatic hydroxyl groups excluding tert-OH is 1. The number of rotatable bonds is 7. The Balaban J connectivity index is 2.41. The van der Waals surface area contributed by atoms with Crippen LogP contribution in [0.3, 0.4) is 0 Å². The molecular formula is C16H20O7. The van der Waals surface area contributed by atoms with Crippen molar-refractivity contribution in [2.45, 2.75) is 45.7 Å². The number of carbonyl (C=O) groups is 3.